The van der Waals surface area contributed by atoms with Crippen LogP contribution < -0.4 is 5.32 Å². The van der Waals surface area contributed by atoms with E-state index in [1.54, 1.807) is 0 Å². The highest BCUT2D eigenvalue weighted by molar-refractivity contribution is 5.76. The van der Waals surface area contributed by atoms with Crippen LogP contribution in [0.2, 0.25) is 0 Å². The monoisotopic (exact) mass is 478 g/mol. The van der Waals surface area contributed by atoms with Gasteiger partial charge in [-0.1, -0.05) is 67.6 Å². The van der Waals surface area contributed by atoms with Crippen molar-refractivity contribution in [2.45, 2.75) is 64.3 Å². The highest BCUT2D eigenvalue weighted by Gasteiger charge is 2.31. The fourth-order valence-electron chi connectivity index (χ4n) is 6.33. The number of carbonyl (C=O) groups is 1. The van der Waals surface area contributed by atoms with Crippen molar-refractivity contribution >= 4 is 5.91 Å². The summed E-state index contributed by atoms with van der Waals surface area (Å²) in [6.07, 6.45) is 10.4. The lowest BCUT2D eigenvalue weighted by atomic mass is 9.80. The Bertz CT molecular complexity index is 916. The Morgan fingerprint density at radius 1 is 0.971 bits per heavy atom. The molecule has 2 aliphatic heterocycles. The topological polar surface area (TPSA) is 61.6 Å². The number of hydrogen-bond acceptors (Lipinski definition) is 5. The fraction of sp³-hybridized carbons (Fsp3) is 0.655. The Balaban J connectivity index is 1.09. The molecular weight excluding hydrogens is 436 g/mol. The molecular formula is C29H42N4O2. The molecule has 3 aliphatic rings. The van der Waals surface area contributed by atoms with Crippen molar-refractivity contribution in [1.29, 1.82) is 0 Å². The van der Waals surface area contributed by atoms with Crippen molar-refractivity contribution in [3.63, 3.8) is 0 Å². The van der Waals surface area contributed by atoms with Gasteiger partial charge in [0.15, 0.2) is 0 Å². The molecule has 0 spiro atoms. The van der Waals surface area contributed by atoms with Crippen LogP contribution in [-0.2, 0) is 24.2 Å². The summed E-state index contributed by atoms with van der Waals surface area (Å²) in [6, 6.07) is 12.8. The molecule has 5 rings (SSSR count). The summed E-state index contributed by atoms with van der Waals surface area (Å²) in [7, 11) is 0. The minimum atomic E-state index is 0.333. The summed E-state index contributed by atoms with van der Waals surface area (Å²) in [5.74, 6) is 3.01. The number of benzene rings is 1. The summed E-state index contributed by atoms with van der Waals surface area (Å²) < 4.78 is 5.72. The molecule has 0 bridgehead atoms. The number of piperidine rings is 1. The molecule has 3 heterocycles. The van der Waals surface area contributed by atoms with E-state index in [1.165, 1.54) is 37.7 Å². The first-order chi connectivity index (χ1) is 17.2. The Hall–Kier alpha value is -2.18. The van der Waals surface area contributed by atoms with Gasteiger partial charge in [-0.2, -0.15) is 0 Å². The average molecular weight is 479 g/mol. The molecule has 2 saturated heterocycles. The summed E-state index contributed by atoms with van der Waals surface area (Å²) in [5.41, 5.74) is 2.41. The van der Waals surface area contributed by atoms with Crippen LogP contribution in [0.15, 0.2) is 40.9 Å². The van der Waals surface area contributed by atoms with E-state index in [9.17, 15) is 4.79 Å². The largest absolute Gasteiger partial charge is 0.361 e. The molecule has 3 fully saturated rings. The highest BCUT2D eigenvalue weighted by atomic mass is 16.5. The molecule has 1 aliphatic carbocycles. The van der Waals surface area contributed by atoms with Crippen LogP contribution >= 0.6 is 0 Å². The van der Waals surface area contributed by atoms with E-state index in [0.29, 0.717) is 24.2 Å². The number of nitrogens with zero attached hydrogens (tertiary/aromatic N) is 3. The zero-order valence-corrected chi connectivity index (χ0v) is 21.2. The Kier molecular flexibility index (Phi) is 8.53. The lowest BCUT2D eigenvalue weighted by molar-refractivity contribution is -0.134. The number of nitrogens with one attached hydrogen (secondary N) is 1. The van der Waals surface area contributed by atoms with Gasteiger partial charge in [0.25, 0.3) is 0 Å². The first-order valence-corrected chi connectivity index (χ1v) is 13.9. The van der Waals surface area contributed by atoms with E-state index < -0.39 is 0 Å². The molecule has 190 valence electrons. The third kappa shape index (κ3) is 6.95. The van der Waals surface area contributed by atoms with Crippen LogP contribution in [0.4, 0.5) is 0 Å². The van der Waals surface area contributed by atoms with E-state index in [0.717, 1.165) is 82.4 Å². The SMILES string of the molecule is O=C(CC1CCNCC1Cc1cc(CC2CCCCC2)on1)N1CCN(Cc2ccccc2)CC1. The third-order valence-corrected chi connectivity index (χ3v) is 8.47. The standard InChI is InChI=1S/C29H42N4O2/c34-29(33-15-13-32(14-16-33)22-24-9-5-2-6-10-24)19-25-11-12-30-21-26(25)18-27-20-28(35-31-27)17-23-7-3-1-4-8-23/h2,5-6,9-10,20,23,25-26,30H,1,3-4,7-8,11-19,21-22H2. The van der Waals surface area contributed by atoms with Gasteiger partial charge in [0.2, 0.25) is 5.91 Å². The number of carbonyl (C=O) groups excluding carboxylic acids is 1. The molecule has 1 aromatic heterocycles. The summed E-state index contributed by atoms with van der Waals surface area (Å²) in [5, 5.41) is 7.97. The fourth-order valence-corrected chi connectivity index (χ4v) is 6.33. The van der Waals surface area contributed by atoms with Gasteiger partial charge in [0.1, 0.15) is 5.76 Å². The quantitative estimate of drug-likeness (QED) is 0.613. The number of amides is 1. The van der Waals surface area contributed by atoms with Gasteiger partial charge in [0, 0.05) is 51.6 Å². The van der Waals surface area contributed by atoms with Gasteiger partial charge in [-0.25, -0.2) is 0 Å². The van der Waals surface area contributed by atoms with E-state index >= 15 is 0 Å². The Morgan fingerprint density at radius 2 is 1.77 bits per heavy atom. The second-order valence-electron chi connectivity index (χ2n) is 11.1. The predicted molar refractivity (Wildman–Crippen MR) is 138 cm³/mol. The molecule has 35 heavy (non-hydrogen) atoms. The summed E-state index contributed by atoms with van der Waals surface area (Å²) in [4.78, 5) is 17.8. The van der Waals surface area contributed by atoms with E-state index in [-0.39, 0.29) is 0 Å². The van der Waals surface area contributed by atoms with Crippen LogP contribution in [0.1, 0.15) is 62.0 Å². The minimum Gasteiger partial charge on any atom is -0.361 e. The van der Waals surface area contributed by atoms with Gasteiger partial charge in [-0.3, -0.25) is 9.69 Å². The molecule has 1 saturated carbocycles. The van der Waals surface area contributed by atoms with Crippen molar-refractivity contribution in [3.8, 4) is 0 Å². The molecule has 1 amide bonds. The Morgan fingerprint density at radius 3 is 2.57 bits per heavy atom. The second-order valence-corrected chi connectivity index (χ2v) is 11.1. The molecule has 2 aromatic rings. The van der Waals surface area contributed by atoms with Gasteiger partial charge in [-0.05, 0) is 49.2 Å². The van der Waals surface area contributed by atoms with Crippen molar-refractivity contribution in [2.75, 3.05) is 39.3 Å². The molecule has 1 aromatic carbocycles. The molecule has 2 unspecified atom stereocenters. The molecule has 1 N–H and O–H groups in total. The van der Waals surface area contributed by atoms with Gasteiger partial charge in [0.05, 0.1) is 5.69 Å². The summed E-state index contributed by atoms with van der Waals surface area (Å²) >= 11 is 0. The van der Waals surface area contributed by atoms with Crippen molar-refractivity contribution in [3.05, 3.63) is 53.4 Å². The van der Waals surface area contributed by atoms with E-state index in [2.05, 4.69) is 56.7 Å². The van der Waals surface area contributed by atoms with Crippen LogP contribution in [0.5, 0.6) is 0 Å². The normalized spacial score (nSPS) is 24.5. The van der Waals surface area contributed by atoms with Crippen molar-refractivity contribution in [2.24, 2.45) is 17.8 Å². The lowest BCUT2D eigenvalue weighted by Crippen LogP contribution is -2.49. The lowest BCUT2D eigenvalue weighted by Gasteiger charge is -2.37. The Labute approximate surface area is 210 Å². The van der Waals surface area contributed by atoms with Crippen LogP contribution in [0.25, 0.3) is 0 Å². The van der Waals surface area contributed by atoms with Crippen LogP contribution in [0, 0.1) is 17.8 Å². The third-order valence-electron chi connectivity index (χ3n) is 8.47. The number of aromatic nitrogens is 1. The maximum Gasteiger partial charge on any atom is 0.222 e. The second kappa shape index (κ2) is 12.2. The van der Waals surface area contributed by atoms with Crippen LogP contribution in [0.3, 0.4) is 0 Å². The first-order valence-electron chi connectivity index (χ1n) is 13.9. The molecule has 6 heteroatoms. The van der Waals surface area contributed by atoms with Gasteiger partial charge < -0.3 is 14.7 Å². The summed E-state index contributed by atoms with van der Waals surface area (Å²) in [6.45, 7) is 6.54. The van der Waals surface area contributed by atoms with Crippen molar-refractivity contribution < 1.29 is 9.32 Å². The van der Waals surface area contributed by atoms with E-state index in [4.69, 9.17) is 4.52 Å². The highest BCUT2D eigenvalue weighted by Crippen LogP contribution is 2.29. The number of rotatable bonds is 8. The maximum atomic E-state index is 13.2. The predicted octanol–water partition coefficient (Wildman–Crippen LogP) is 4.30. The number of piperazine rings is 1. The molecule has 2 atom stereocenters. The zero-order chi connectivity index (χ0) is 23.9. The van der Waals surface area contributed by atoms with E-state index in [1.807, 2.05) is 0 Å². The van der Waals surface area contributed by atoms with Crippen molar-refractivity contribution in [1.82, 2.24) is 20.3 Å². The molecule has 6 nitrogen and oxygen atoms in total. The number of hydrogen-bond donors (Lipinski definition) is 1. The average Bonchev–Trinajstić information content (AvgIpc) is 3.33. The smallest absolute Gasteiger partial charge is 0.222 e. The van der Waals surface area contributed by atoms with Gasteiger partial charge >= 0.3 is 0 Å². The maximum absolute atomic E-state index is 13.2. The molecule has 0 radical (unpaired) electrons. The minimum absolute atomic E-state index is 0.333. The zero-order valence-electron chi connectivity index (χ0n) is 21.2. The van der Waals surface area contributed by atoms with Gasteiger partial charge in [-0.15, -0.1) is 0 Å². The first kappa shape index (κ1) is 24.5. The van der Waals surface area contributed by atoms with Crippen LogP contribution in [-0.4, -0.2) is 60.1 Å².